The molecule has 20 heavy (non-hydrogen) atoms. The number of rotatable bonds is 3. The third-order valence-corrected chi connectivity index (χ3v) is 3.75. The Balaban J connectivity index is 2.13. The van der Waals surface area contributed by atoms with Crippen molar-refractivity contribution < 1.29 is 4.79 Å². The van der Waals surface area contributed by atoms with Crippen LogP contribution in [0.1, 0.15) is 16.1 Å². The van der Waals surface area contributed by atoms with E-state index in [-0.39, 0.29) is 5.91 Å². The molecule has 5 heteroatoms. The monoisotopic (exact) mass is 333 g/mol. The van der Waals surface area contributed by atoms with Crippen LogP contribution in [-0.4, -0.2) is 25.0 Å². The second kappa shape index (κ2) is 6.05. The molecule has 0 aliphatic carbocycles. The van der Waals surface area contributed by atoms with Gasteiger partial charge in [0.1, 0.15) is 5.82 Å². The summed E-state index contributed by atoms with van der Waals surface area (Å²) < 4.78 is 0.922. The van der Waals surface area contributed by atoms with Crippen LogP contribution in [0.4, 0.5) is 11.5 Å². The number of halogens is 1. The van der Waals surface area contributed by atoms with Crippen molar-refractivity contribution in [3.63, 3.8) is 0 Å². The number of benzene rings is 1. The highest BCUT2D eigenvalue weighted by Gasteiger charge is 2.08. The van der Waals surface area contributed by atoms with Crippen molar-refractivity contribution in [1.82, 2.24) is 4.98 Å². The average molecular weight is 334 g/mol. The predicted molar refractivity (Wildman–Crippen MR) is 85.4 cm³/mol. The van der Waals surface area contributed by atoms with Crippen molar-refractivity contribution in [3.8, 4) is 0 Å². The van der Waals surface area contributed by atoms with Gasteiger partial charge in [-0.2, -0.15) is 0 Å². The summed E-state index contributed by atoms with van der Waals surface area (Å²) in [6.45, 7) is 1.88. The van der Waals surface area contributed by atoms with Crippen LogP contribution in [0.3, 0.4) is 0 Å². The van der Waals surface area contributed by atoms with E-state index >= 15 is 0 Å². The maximum Gasteiger partial charge on any atom is 0.256 e. The Morgan fingerprint density at radius 1 is 1.15 bits per heavy atom. The third-order valence-electron chi connectivity index (χ3n) is 2.91. The number of aryl methyl sites for hydroxylation is 1. The van der Waals surface area contributed by atoms with Crippen LogP contribution >= 0.6 is 15.9 Å². The van der Waals surface area contributed by atoms with Gasteiger partial charge in [-0.1, -0.05) is 0 Å². The van der Waals surface area contributed by atoms with E-state index in [2.05, 4.69) is 26.2 Å². The van der Waals surface area contributed by atoms with Gasteiger partial charge in [-0.05, 0) is 59.3 Å². The van der Waals surface area contributed by atoms with Crippen LogP contribution in [0.15, 0.2) is 40.9 Å². The quantitative estimate of drug-likeness (QED) is 0.935. The lowest BCUT2D eigenvalue weighted by molar-refractivity contribution is 0.102. The molecule has 1 amide bonds. The molecule has 0 bridgehead atoms. The van der Waals surface area contributed by atoms with Gasteiger partial charge in [0, 0.05) is 29.8 Å². The Morgan fingerprint density at radius 2 is 1.80 bits per heavy atom. The van der Waals surface area contributed by atoms with Gasteiger partial charge in [0.25, 0.3) is 5.91 Å². The second-order valence-electron chi connectivity index (χ2n) is 4.66. The first-order chi connectivity index (χ1) is 9.47. The molecule has 0 radical (unpaired) electrons. The Kier molecular flexibility index (Phi) is 4.39. The third kappa shape index (κ3) is 3.36. The Bertz CT molecular complexity index is 624. The molecule has 0 atom stereocenters. The molecule has 2 aromatic rings. The number of anilines is 2. The van der Waals surface area contributed by atoms with E-state index in [4.69, 9.17) is 0 Å². The zero-order chi connectivity index (χ0) is 14.7. The van der Waals surface area contributed by atoms with Gasteiger partial charge in [0.05, 0.1) is 5.69 Å². The van der Waals surface area contributed by atoms with Crippen molar-refractivity contribution in [3.05, 3.63) is 52.1 Å². The van der Waals surface area contributed by atoms with Gasteiger partial charge < -0.3 is 10.2 Å². The standard InChI is InChI=1S/C15H16BrN3O/c1-10-13(16)8-9-14(17-10)18-15(20)11-4-6-12(7-5-11)19(2)3/h4-9H,1-3H3,(H,17,18,20). The molecule has 0 saturated carbocycles. The van der Waals surface area contributed by atoms with E-state index in [0.717, 1.165) is 15.9 Å². The summed E-state index contributed by atoms with van der Waals surface area (Å²) in [5, 5.41) is 2.79. The van der Waals surface area contributed by atoms with E-state index < -0.39 is 0 Å². The molecule has 0 fully saturated rings. The Labute approximate surface area is 127 Å². The van der Waals surface area contributed by atoms with Crippen LogP contribution in [0.25, 0.3) is 0 Å². The minimum atomic E-state index is -0.162. The van der Waals surface area contributed by atoms with Crippen molar-refractivity contribution in [2.24, 2.45) is 0 Å². The maximum atomic E-state index is 12.1. The molecular formula is C15H16BrN3O. The molecule has 1 aromatic heterocycles. The summed E-state index contributed by atoms with van der Waals surface area (Å²) in [6.07, 6.45) is 0. The van der Waals surface area contributed by atoms with Crippen LogP contribution in [-0.2, 0) is 0 Å². The first kappa shape index (κ1) is 14.5. The summed E-state index contributed by atoms with van der Waals surface area (Å²) in [7, 11) is 3.92. The molecule has 0 aliphatic heterocycles. The van der Waals surface area contributed by atoms with Crippen molar-refractivity contribution in [2.45, 2.75) is 6.92 Å². The fourth-order valence-corrected chi connectivity index (χ4v) is 1.93. The highest BCUT2D eigenvalue weighted by Crippen LogP contribution is 2.17. The lowest BCUT2D eigenvalue weighted by Crippen LogP contribution is -2.14. The van der Waals surface area contributed by atoms with Gasteiger partial charge in [-0.3, -0.25) is 4.79 Å². The molecular weight excluding hydrogens is 318 g/mol. The Morgan fingerprint density at radius 3 is 2.35 bits per heavy atom. The maximum absolute atomic E-state index is 12.1. The number of nitrogens with zero attached hydrogens (tertiary/aromatic N) is 2. The van der Waals surface area contributed by atoms with E-state index in [1.54, 1.807) is 18.2 Å². The minimum Gasteiger partial charge on any atom is -0.378 e. The van der Waals surface area contributed by atoms with Gasteiger partial charge in [0.2, 0.25) is 0 Å². The predicted octanol–water partition coefficient (Wildman–Crippen LogP) is 3.47. The normalized spacial score (nSPS) is 10.2. The number of aromatic nitrogens is 1. The fourth-order valence-electron chi connectivity index (χ4n) is 1.71. The van der Waals surface area contributed by atoms with E-state index in [0.29, 0.717) is 11.4 Å². The largest absolute Gasteiger partial charge is 0.378 e. The molecule has 0 unspecified atom stereocenters. The molecule has 1 heterocycles. The second-order valence-corrected chi connectivity index (χ2v) is 5.51. The summed E-state index contributed by atoms with van der Waals surface area (Å²) in [4.78, 5) is 18.4. The molecule has 0 spiro atoms. The zero-order valence-electron chi connectivity index (χ0n) is 11.6. The van der Waals surface area contributed by atoms with Crippen LogP contribution < -0.4 is 10.2 Å². The van der Waals surface area contributed by atoms with Gasteiger partial charge in [0.15, 0.2) is 0 Å². The Hall–Kier alpha value is -1.88. The molecule has 104 valence electrons. The first-order valence-corrected chi connectivity index (χ1v) is 6.98. The van der Waals surface area contributed by atoms with E-state index in [1.165, 1.54) is 0 Å². The molecule has 1 aromatic carbocycles. The highest BCUT2D eigenvalue weighted by atomic mass is 79.9. The smallest absolute Gasteiger partial charge is 0.256 e. The lowest BCUT2D eigenvalue weighted by atomic mass is 10.2. The first-order valence-electron chi connectivity index (χ1n) is 6.19. The van der Waals surface area contributed by atoms with Gasteiger partial charge in [-0.25, -0.2) is 4.98 Å². The molecule has 1 N–H and O–H groups in total. The molecule has 2 rings (SSSR count). The fraction of sp³-hybridized carbons (Fsp3) is 0.200. The summed E-state index contributed by atoms with van der Waals surface area (Å²) in [5.74, 6) is 0.386. The highest BCUT2D eigenvalue weighted by molar-refractivity contribution is 9.10. The number of pyridine rings is 1. The summed E-state index contributed by atoms with van der Waals surface area (Å²) >= 11 is 3.38. The van der Waals surface area contributed by atoms with Crippen LogP contribution in [0.2, 0.25) is 0 Å². The van der Waals surface area contributed by atoms with Crippen LogP contribution in [0, 0.1) is 6.92 Å². The molecule has 0 saturated heterocycles. The SMILES string of the molecule is Cc1nc(NC(=O)c2ccc(N(C)C)cc2)ccc1Br. The lowest BCUT2D eigenvalue weighted by Gasteiger charge is -2.12. The van der Waals surface area contributed by atoms with Crippen molar-refractivity contribution in [1.29, 1.82) is 0 Å². The number of carbonyl (C=O) groups is 1. The number of hydrogen-bond donors (Lipinski definition) is 1. The van der Waals surface area contributed by atoms with E-state index in [1.807, 2.05) is 44.1 Å². The number of hydrogen-bond acceptors (Lipinski definition) is 3. The molecule has 4 nitrogen and oxygen atoms in total. The van der Waals surface area contributed by atoms with E-state index in [9.17, 15) is 4.79 Å². The van der Waals surface area contributed by atoms with Crippen LogP contribution in [0.5, 0.6) is 0 Å². The molecule has 0 aliphatic rings. The van der Waals surface area contributed by atoms with Gasteiger partial charge >= 0.3 is 0 Å². The number of amides is 1. The minimum absolute atomic E-state index is 0.162. The summed E-state index contributed by atoms with van der Waals surface area (Å²) in [6, 6.07) is 11.1. The zero-order valence-corrected chi connectivity index (χ0v) is 13.2. The summed E-state index contributed by atoms with van der Waals surface area (Å²) in [5.41, 5.74) is 2.50. The van der Waals surface area contributed by atoms with Crippen molar-refractivity contribution >= 4 is 33.3 Å². The average Bonchev–Trinajstić information content (AvgIpc) is 2.43. The number of carbonyl (C=O) groups excluding carboxylic acids is 1. The number of nitrogens with one attached hydrogen (secondary N) is 1. The topological polar surface area (TPSA) is 45.2 Å². The van der Waals surface area contributed by atoms with Crippen molar-refractivity contribution in [2.75, 3.05) is 24.3 Å². The van der Waals surface area contributed by atoms with Gasteiger partial charge in [-0.15, -0.1) is 0 Å².